The molecule has 1 N–H and O–H groups in total. The number of carboxylic acid groups (broad SMARTS) is 1. The number of rotatable bonds is 3. The third-order valence-electron chi connectivity index (χ3n) is 2.62. The van der Waals surface area contributed by atoms with Crippen molar-refractivity contribution in [1.29, 1.82) is 0 Å². The second kappa shape index (κ2) is 4.89. The summed E-state index contributed by atoms with van der Waals surface area (Å²) in [7, 11) is 2.91. The molecule has 0 unspecified atom stereocenters. The summed E-state index contributed by atoms with van der Waals surface area (Å²) in [4.78, 5) is 10.8. The number of hydrogen-bond acceptors (Lipinski definition) is 3. The first kappa shape index (κ1) is 13.4. The first-order valence-corrected chi connectivity index (χ1v) is 5.62. The van der Waals surface area contributed by atoms with E-state index in [-0.39, 0.29) is 22.0 Å². The molecule has 0 aliphatic rings. The fraction of sp³-hybridized carbons (Fsp3) is 0.167. The van der Waals surface area contributed by atoms with E-state index < -0.39 is 11.8 Å². The number of aromatic nitrogens is 2. The van der Waals surface area contributed by atoms with Gasteiger partial charge in [0.05, 0.1) is 17.8 Å². The van der Waals surface area contributed by atoms with Gasteiger partial charge in [0.25, 0.3) is 0 Å². The summed E-state index contributed by atoms with van der Waals surface area (Å²) >= 11 is 5.94. The molecule has 1 heterocycles. The summed E-state index contributed by atoms with van der Waals surface area (Å²) in [5, 5.41) is 12.9. The SMILES string of the molecule is COc1cc(F)c(-c2cc(C(=O)O)nn2C)cc1Cl. The van der Waals surface area contributed by atoms with Crippen molar-refractivity contribution in [3.8, 4) is 17.0 Å². The number of carboxylic acids is 1. The zero-order chi connectivity index (χ0) is 14.2. The molecule has 0 radical (unpaired) electrons. The maximum atomic E-state index is 14.0. The summed E-state index contributed by atoms with van der Waals surface area (Å²) in [6.45, 7) is 0. The Bertz CT molecular complexity index is 655. The molecule has 1 aromatic carbocycles. The van der Waals surface area contributed by atoms with Gasteiger partial charge in [0.1, 0.15) is 11.6 Å². The Morgan fingerprint density at radius 1 is 1.47 bits per heavy atom. The maximum absolute atomic E-state index is 14.0. The van der Waals surface area contributed by atoms with E-state index in [0.29, 0.717) is 5.69 Å². The molecule has 0 aliphatic carbocycles. The number of aryl methyl sites for hydroxylation is 1. The van der Waals surface area contributed by atoms with Crippen LogP contribution in [0, 0.1) is 5.82 Å². The minimum absolute atomic E-state index is 0.160. The number of ether oxygens (including phenoxy) is 1. The zero-order valence-electron chi connectivity index (χ0n) is 10.1. The highest BCUT2D eigenvalue weighted by Gasteiger charge is 2.17. The highest BCUT2D eigenvalue weighted by molar-refractivity contribution is 6.32. The molecule has 7 heteroatoms. The first-order chi connectivity index (χ1) is 8.93. The van der Waals surface area contributed by atoms with Crippen LogP contribution in [0.2, 0.25) is 5.02 Å². The average molecular weight is 285 g/mol. The van der Waals surface area contributed by atoms with Gasteiger partial charge in [0.2, 0.25) is 0 Å². The fourth-order valence-corrected chi connectivity index (χ4v) is 1.95. The Morgan fingerprint density at radius 3 is 2.68 bits per heavy atom. The quantitative estimate of drug-likeness (QED) is 0.941. The third-order valence-corrected chi connectivity index (χ3v) is 2.91. The molecule has 5 nitrogen and oxygen atoms in total. The van der Waals surface area contributed by atoms with Gasteiger partial charge in [-0.3, -0.25) is 4.68 Å². The Hall–Kier alpha value is -2.08. The van der Waals surface area contributed by atoms with Gasteiger partial charge in [-0.25, -0.2) is 9.18 Å². The van der Waals surface area contributed by atoms with E-state index in [1.54, 1.807) is 0 Å². The van der Waals surface area contributed by atoms with Crippen LogP contribution in [-0.4, -0.2) is 28.0 Å². The van der Waals surface area contributed by atoms with Crippen LogP contribution >= 0.6 is 11.6 Å². The normalized spacial score (nSPS) is 10.5. The van der Waals surface area contributed by atoms with Gasteiger partial charge in [-0.2, -0.15) is 5.10 Å². The topological polar surface area (TPSA) is 64.3 Å². The van der Waals surface area contributed by atoms with Crippen LogP contribution in [0.1, 0.15) is 10.5 Å². The number of halogens is 2. The lowest BCUT2D eigenvalue weighted by Crippen LogP contribution is -1.99. The molecule has 0 fully saturated rings. The van der Waals surface area contributed by atoms with Gasteiger partial charge in [0.15, 0.2) is 5.69 Å². The molecule has 0 aliphatic heterocycles. The molecule has 2 rings (SSSR count). The second-order valence-corrected chi connectivity index (χ2v) is 4.22. The highest BCUT2D eigenvalue weighted by atomic mass is 35.5. The highest BCUT2D eigenvalue weighted by Crippen LogP contribution is 2.33. The largest absolute Gasteiger partial charge is 0.495 e. The number of nitrogens with zero attached hydrogens (tertiary/aromatic N) is 2. The Balaban J connectivity index is 2.59. The molecule has 1 aromatic heterocycles. The van der Waals surface area contributed by atoms with E-state index in [1.807, 2.05) is 0 Å². The van der Waals surface area contributed by atoms with Crippen molar-refractivity contribution in [1.82, 2.24) is 9.78 Å². The van der Waals surface area contributed by atoms with Crippen LogP contribution in [-0.2, 0) is 7.05 Å². The molecule has 0 amide bonds. The predicted molar refractivity (Wildman–Crippen MR) is 67.1 cm³/mol. The van der Waals surface area contributed by atoms with Gasteiger partial charge < -0.3 is 9.84 Å². The monoisotopic (exact) mass is 284 g/mol. The van der Waals surface area contributed by atoms with Crippen LogP contribution in [0.5, 0.6) is 5.75 Å². The summed E-state index contributed by atoms with van der Waals surface area (Å²) < 4.78 is 20.2. The molecule has 2 aromatic rings. The summed E-state index contributed by atoms with van der Waals surface area (Å²) in [6, 6.07) is 3.80. The van der Waals surface area contributed by atoms with Crippen LogP contribution in [0.3, 0.4) is 0 Å². The van der Waals surface area contributed by atoms with Crippen LogP contribution in [0.15, 0.2) is 18.2 Å². The fourth-order valence-electron chi connectivity index (χ4n) is 1.71. The predicted octanol–water partition coefficient (Wildman–Crippen LogP) is 2.59. The number of carbonyl (C=O) groups is 1. The van der Waals surface area contributed by atoms with E-state index in [0.717, 1.165) is 6.07 Å². The summed E-state index contributed by atoms with van der Waals surface area (Å²) in [5.74, 6) is -1.54. The standard InChI is InChI=1S/C12H10ClFN2O3/c1-16-10(5-9(15-16)12(17)18)6-3-7(13)11(19-2)4-8(6)14/h3-5H,1-2H3,(H,17,18). The van der Waals surface area contributed by atoms with Gasteiger partial charge in [-0.15, -0.1) is 0 Å². The lowest BCUT2D eigenvalue weighted by Gasteiger charge is -2.08. The maximum Gasteiger partial charge on any atom is 0.356 e. The van der Waals surface area contributed by atoms with Crippen LogP contribution in [0.4, 0.5) is 4.39 Å². The lowest BCUT2D eigenvalue weighted by atomic mass is 10.1. The molecular formula is C12H10ClFN2O3. The van der Waals surface area contributed by atoms with Gasteiger partial charge in [0, 0.05) is 18.7 Å². The second-order valence-electron chi connectivity index (χ2n) is 3.81. The molecule has 19 heavy (non-hydrogen) atoms. The van der Waals surface area contributed by atoms with E-state index >= 15 is 0 Å². The van der Waals surface area contributed by atoms with Crippen molar-refractivity contribution >= 4 is 17.6 Å². The van der Waals surface area contributed by atoms with E-state index in [2.05, 4.69) is 5.10 Å². The van der Waals surface area contributed by atoms with Crippen molar-refractivity contribution < 1.29 is 19.0 Å². The van der Waals surface area contributed by atoms with E-state index in [1.165, 1.54) is 31.0 Å². The first-order valence-electron chi connectivity index (χ1n) is 5.24. The third kappa shape index (κ3) is 2.39. The molecule has 0 spiro atoms. The number of methoxy groups -OCH3 is 1. The molecule has 0 saturated heterocycles. The van der Waals surface area contributed by atoms with Crippen molar-refractivity contribution in [2.45, 2.75) is 0 Å². The van der Waals surface area contributed by atoms with Crippen molar-refractivity contribution in [3.05, 3.63) is 34.7 Å². The number of benzene rings is 1. The van der Waals surface area contributed by atoms with Crippen molar-refractivity contribution in [2.75, 3.05) is 7.11 Å². The Labute approximate surface area is 113 Å². The molecule has 0 atom stereocenters. The summed E-state index contributed by atoms with van der Waals surface area (Å²) in [5.41, 5.74) is 0.316. The minimum Gasteiger partial charge on any atom is -0.495 e. The molecular weight excluding hydrogens is 275 g/mol. The van der Waals surface area contributed by atoms with E-state index in [4.69, 9.17) is 21.4 Å². The Kier molecular flexibility index (Phi) is 3.44. The molecule has 0 bridgehead atoms. The van der Waals surface area contributed by atoms with E-state index in [9.17, 15) is 9.18 Å². The number of hydrogen-bond donors (Lipinski definition) is 1. The molecule has 100 valence electrons. The number of aromatic carboxylic acids is 1. The average Bonchev–Trinajstić information content (AvgIpc) is 2.74. The van der Waals surface area contributed by atoms with Crippen molar-refractivity contribution in [2.24, 2.45) is 7.05 Å². The van der Waals surface area contributed by atoms with Crippen molar-refractivity contribution in [3.63, 3.8) is 0 Å². The zero-order valence-corrected chi connectivity index (χ0v) is 10.9. The van der Waals surface area contributed by atoms with Crippen LogP contribution in [0.25, 0.3) is 11.3 Å². The van der Waals surface area contributed by atoms with Gasteiger partial charge in [-0.05, 0) is 12.1 Å². The van der Waals surface area contributed by atoms with Crippen LogP contribution < -0.4 is 4.74 Å². The van der Waals surface area contributed by atoms with Gasteiger partial charge in [-0.1, -0.05) is 11.6 Å². The smallest absolute Gasteiger partial charge is 0.356 e. The van der Waals surface area contributed by atoms with Gasteiger partial charge >= 0.3 is 5.97 Å². The minimum atomic E-state index is -1.18. The summed E-state index contributed by atoms with van der Waals surface area (Å²) in [6.07, 6.45) is 0. The molecule has 0 saturated carbocycles. The Morgan fingerprint density at radius 2 is 2.16 bits per heavy atom. The lowest BCUT2D eigenvalue weighted by molar-refractivity contribution is 0.0689.